The summed E-state index contributed by atoms with van der Waals surface area (Å²) in [5, 5.41) is 0.449. The highest BCUT2D eigenvalue weighted by atomic mass is 33.1. The van der Waals surface area contributed by atoms with Crippen LogP contribution in [-0.4, -0.2) is 14.1 Å². The molecule has 0 spiro atoms. The van der Waals surface area contributed by atoms with Gasteiger partial charge >= 0.3 is 0 Å². The van der Waals surface area contributed by atoms with Gasteiger partial charge in [0.1, 0.15) is 0 Å². The summed E-state index contributed by atoms with van der Waals surface area (Å²) in [5.41, 5.74) is 4.19. The standard InChI is InChI=1S/C15H15NS2/c1-16(2)12-9-6-10-13-14(12)15(18-17-13)11-7-4-3-5-8-11/h3-10,15H,1-2H3. The fraction of sp³-hybridized carbons (Fsp3) is 0.200. The maximum Gasteiger partial charge on any atom is 0.0685 e. The van der Waals surface area contributed by atoms with Crippen molar-refractivity contribution in [3.63, 3.8) is 0 Å². The molecule has 92 valence electrons. The number of hydrogen-bond donors (Lipinski definition) is 0. The zero-order chi connectivity index (χ0) is 12.5. The van der Waals surface area contributed by atoms with E-state index >= 15 is 0 Å². The van der Waals surface area contributed by atoms with Crippen molar-refractivity contribution >= 4 is 27.3 Å². The maximum atomic E-state index is 2.23. The molecule has 1 aliphatic heterocycles. The Morgan fingerprint density at radius 1 is 0.944 bits per heavy atom. The van der Waals surface area contributed by atoms with E-state index in [-0.39, 0.29) is 0 Å². The molecule has 0 N–H and O–H groups in total. The first-order valence-electron chi connectivity index (χ1n) is 5.96. The summed E-state index contributed by atoms with van der Waals surface area (Å²) in [5.74, 6) is 0. The van der Waals surface area contributed by atoms with Crippen LogP contribution in [0.4, 0.5) is 5.69 Å². The lowest BCUT2D eigenvalue weighted by Gasteiger charge is -2.20. The van der Waals surface area contributed by atoms with Gasteiger partial charge in [-0.2, -0.15) is 0 Å². The number of hydrogen-bond acceptors (Lipinski definition) is 3. The van der Waals surface area contributed by atoms with Crippen LogP contribution in [0, 0.1) is 0 Å². The number of benzene rings is 2. The highest BCUT2D eigenvalue weighted by Crippen LogP contribution is 2.58. The fourth-order valence-electron chi connectivity index (χ4n) is 2.26. The summed E-state index contributed by atoms with van der Waals surface area (Å²) in [6.07, 6.45) is 0. The van der Waals surface area contributed by atoms with E-state index in [1.54, 1.807) is 0 Å². The molecule has 18 heavy (non-hydrogen) atoms. The highest BCUT2D eigenvalue weighted by molar-refractivity contribution is 8.77. The van der Waals surface area contributed by atoms with Crippen LogP contribution in [0.3, 0.4) is 0 Å². The van der Waals surface area contributed by atoms with Gasteiger partial charge in [0.15, 0.2) is 0 Å². The Kier molecular flexibility index (Phi) is 3.27. The van der Waals surface area contributed by atoms with E-state index in [2.05, 4.69) is 67.5 Å². The van der Waals surface area contributed by atoms with E-state index < -0.39 is 0 Å². The predicted octanol–water partition coefficient (Wildman–Crippen LogP) is 4.60. The summed E-state index contributed by atoms with van der Waals surface area (Å²) in [4.78, 5) is 3.61. The summed E-state index contributed by atoms with van der Waals surface area (Å²) < 4.78 is 0. The molecular formula is C15H15NS2. The average molecular weight is 273 g/mol. The minimum Gasteiger partial charge on any atom is -0.377 e. The second-order valence-electron chi connectivity index (χ2n) is 4.55. The molecule has 0 fully saturated rings. The molecule has 0 radical (unpaired) electrons. The van der Waals surface area contributed by atoms with Crippen LogP contribution in [0.25, 0.3) is 0 Å². The molecule has 1 unspecified atom stereocenters. The van der Waals surface area contributed by atoms with Gasteiger partial charge in [-0.25, -0.2) is 0 Å². The number of nitrogens with zero attached hydrogens (tertiary/aromatic N) is 1. The van der Waals surface area contributed by atoms with Gasteiger partial charge < -0.3 is 4.90 Å². The molecule has 1 nitrogen and oxygen atoms in total. The molecule has 1 atom stereocenters. The molecule has 2 aromatic rings. The molecule has 3 heteroatoms. The van der Waals surface area contributed by atoms with Crippen LogP contribution >= 0.6 is 21.6 Å². The molecule has 0 saturated heterocycles. The Labute approximate surface area is 116 Å². The summed E-state index contributed by atoms with van der Waals surface area (Å²) in [6.45, 7) is 0. The van der Waals surface area contributed by atoms with Crippen molar-refractivity contribution in [2.75, 3.05) is 19.0 Å². The van der Waals surface area contributed by atoms with Crippen LogP contribution in [0.15, 0.2) is 53.4 Å². The summed E-state index contributed by atoms with van der Waals surface area (Å²) in [7, 11) is 8.07. The molecular weight excluding hydrogens is 258 g/mol. The number of rotatable bonds is 2. The third-order valence-electron chi connectivity index (χ3n) is 3.12. The van der Waals surface area contributed by atoms with E-state index in [1.165, 1.54) is 21.7 Å². The van der Waals surface area contributed by atoms with Crippen LogP contribution in [0.1, 0.15) is 16.4 Å². The smallest absolute Gasteiger partial charge is 0.0685 e. The van der Waals surface area contributed by atoms with Crippen molar-refractivity contribution in [1.82, 2.24) is 0 Å². The molecule has 1 aliphatic rings. The molecule has 2 aromatic carbocycles. The largest absolute Gasteiger partial charge is 0.377 e. The van der Waals surface area contributed by atoms with E-state index in [0.29, 0.717) is 5.25 Å². The van der Waals surface area contributed by atoms with Crippen LogP contribution in [0.5, 0.6) is 0 Å². The zero-order valence-electron chi connectivity index (χ0n) is 10.5. The van der Waals surface area contributed by atoms with Gasteiger partial charge in [0, 0.05) is 30.2 Å². The van der Waals surface area contributed by atoms with Gasteiger partial charge in [-0.1, -0.05) is 58.0 Å². The molecule has 0 aromatic heterocycles. The summed E-state index contributed by atoms with van der Waals surface area (Å²) >= 11 is 0. The van der Waals surface area contributed by atoms with Crippen molar-refractivity contribution in [3.05, 3.63) is 59.7 Å². The minimum atomic E-state index is 0.449. The van der Waals surface area contributed by atoms with E-state index in [4.69, 9.17) is 0 Å². The zero-order valence-corrected chi connectivity index (χ0v) is 12.1. The van der Waals surface area contributed by atoms with E-state index in [1.807, 2.05) is 21.6 Å². The summed E-state index contributed by atoms with van der Waals surface area (Å²) in [6, 6.07) is 17.3. The SMILES string of the molecule is CN(C)c1cccc2c1C(c1ccccc1)SS2. The highest BCUT2D eigenvalue weighted by Gasteiger charge is 2.28. The Hall–Kier alpha value is -1.06. The lowest BCUT2D eigenvalue weighted by Crippen LogP contribution is -2.12. The minimum absolute atomic E-state index is 0.449. The Bertz CT molecular complexity index is 552. The third-order valence-corrected chi connectivity index (χ3v) is 5.86. The molecule has 3 rings (SSSR count). The molecule has 0 aliphatic carbocycles. The van der Waals surface area contributed by atoms with Crippen LogP contribution in [-0.2, 0) is 0 Å². The first-order valence-corrected chi connectivity index (χ1v) is 8.17. The molecule has 0 saturated carbocycles. The van der Waals surface area contributed by atoms with Crippen LogP contribution < -0.4 is 4.90 Å². The van der Waals surface area contributed by atoms with E-state index in [0.717, 1.165) is 0 Å². The van der Waals surface area contributed by atoms with Crippen molar-refractivity contribution in [2.45, 2.75) is 10.1 Å². The lowest BCUT2D eigenvalue weighted by atomic mass is 10.0. The van der Waals surface area contributed by atoms with Crippen molar-refractivity contribution < 1.29 is 0 Å². The topological polar surface area (TPSA) is 3.24 Å². The van der Waals surface area contributed by atoms with Gasteiger partial charge in [-0.05, 0) is 17.7 Å². The van der Waals surface area contributed by atoms with Crippen molar-refractivity contribution in [3.8, 4) is 0 Å². The molecule has 1 heterocycles. The first kappa shape index (κ1) is 12.0. The Morgan fingerprint density at radius 3 is 2.44 bits per heavy atom. The van der Waals surface area contributed by atoms with Gasteiger partial charge in [0.05, 0.1) is 5.25 Å². The van der Waals surface area contributed by atoms with Crippen molar-refractivity contribution in [2.24, 2.45) is 0 Å². The monoisotopic (exact) mass is 273 g/mol. The quantitative estimate of drug-likeness (QED) is 0.736. The van der Waals surface area contributed by atoms with Crippen LogP contribution in [0.2, 0.25) is 0 Å². The number of anilines is 1. The second-order valence-corrected chi connectivity index (χ2v) is 6.90. The Morgan fingerprint density at radius 2 is 1.72 bits per heavy atom. The fourth-order valence-corrected chi connectivity index (χ4v) is 5.25. The van der Waals surface area contributed by atoms with Crippen molar-refractivity contribution in [1.29, 1.82) is 0 Å². The number of fused-ring (bicyclic) bond motifs is 1. The Balaban J connectivity index is 2.11. The lowest BCUT2D eigenvalue weighted by molar-refractivity contribution is 1.04. The maximum absolute atomic E-state index is 2.23. The van der Waals surface area contributed by atoms with Gasteiger partial charge in [0.2, 0.25) is 0 Å². The van der Waals surface area contributed by atoms with E-state index in [9.17, 15) is 0 Å². The second kappa shape index (κ2) is 4.90. The molecule has 0 amide bonds. The third kappa shape index (κ3) is 2.02. The van der Waals surface area contributed by atoms with Gasteiger partial charge in [-0.15, -0.1) is 0 Å². The van der Waals surface area contributed by atoms with Gasteiger partial charge in [0.25, 0.3) is 0 Å². The normalized spacial score (nSPS) is 17.6. The average Bonchev–Trinajstić information content (AvgIpc) is 2.83. The molecule has 0 bridgehead atoms. The predicted molar refractivity (Wildman–Crippen MR) is 82.5 cm³/mol. The first-order chi connectivity index (χ1) is 8.77. The van der Waals surface area contributed by atoms with Gasteiger partial charge in [-0.3, -0.25) is 0 Å².